The molecular formula is C15H17NO2S. The zero-order chi connectivity index (χ0) is 13.8. The summed E-state index contributed by atoms with van der Waals surface area (Å²) >= 11 is 1.63. The Balaban J connectivity index is 2.13. The third-order valence-electron chi connectivity index (χ3n) is 2.99. The van der Waals surface area contributed by atoms with Gasteiger partial charge in [-0.05, 0) is 31.0 Å². The van der Waals surface area contributed by atoms with Gasteiger partial charge in [0.05, 0.1) is 0 Å². The van der Waals surface area contributed by atoms with Crippen LogP contribution in [0, 0.1) is 13.8 Å². The largest absolute Gasteiger partial charge is 0.480 e. The summed E-state index contributed by atoms with van der Waals surface area (Å²) in [5.74, 6) is -0.836. The highest BCUT2D eigenvalue weighted by atomic mass is 32.1. The SMILES string of the molecule is Cc1cc(C(NCc2ccccc2)C(=O)O)c(C)s1. The molecule has 1 unspecified atom stereocenters. The van der Waals surface area contributed by atoms with Gasteiger partial charge in [0.2, 0.25) is 0 Å². The second-order valence-electron chi connectivity index (χ2n) is 4.51. The van der Waals surface area contributed by atoms with Crippen molar-refractivity contribution in [2.24, 2.45) is 0 Å². The lowest BCUT2D eigenvalue weighted by Crippen LogP contribution is -2.28. The van der Waals surface area contributed by atoms with Crippen molar-refractivity contribution < 1.29 is 9.90 Å². The molecule has 1 aromatic carbocycles. The highest BCUT2D eigenvalue weighted by Gasteiger charge is 2.22. The molecule has 0 spiro atoms. The molecule has 2 rings (SSSR count). The lowest BCUT2D eigenvalue weighted by Gasteiger charge is -2.14. The average Bonchev–Trinajstić information content (AvgIpc) is 2.70. The molecule has 0 aliphatic carbocycles. The highest BCUT2D eigenvalue weighted by molar-refractivity contribution is 7.12. The molecular weight excluding hydrogens is 258 g/mol. The highest BCUT2D eigenvalue weighted by Crippen LogP contribution is 2.26. The summed E-state index contributed by atoms with van der Waals surface area (Å²) in [7, 11) is 0. The van der Waals surface area contributed by atoms with E-state index < -0.39 is 12.0 Å². The lowest BCUT2D eigenvalue weighted by atomic mass is 10.1. The Kier molecular flexibility index (Phi) is 4.35. The van der Waals surface area contributed by atoms with E-state index in [1.54, 1.807) is 11.3 Å². The van der Waals surface area contributed by atoms with E-state index in [9.17, 15) is 9.90 Å². The number of carboxylic acids is 1. The molecule has 0 amide bonds. The van der Waals surface area contributed by atoms with Crippen LogP contribution in [0.25, 0.3) is 0 Å². The van der Waals surface area contributed by atoms with Crippen molar-refractivity contribution in [1.29, 1.82) is 0 Å². The Morgan fingerprint density at radius 3 is 2.53 bits per heavy atom. The molecule has 100 valence electrons. The summed E-state index contributed by atoms with van der Waals surface area (Å²) in [6.45, 7) is 4.51. The van der Waals surface area contributed by atoms with Gasteiger partial charge < -0.3 is 5.11 Å². The van der Waals surface area contributed by atoms with E-state index in [1.807, 2.05) is 50.2 Å². The standard InChI is InChI=1S/C15H17NO2S/c1-10-8-13(11(2)19-10)14(15(17)18)16-9-12-6-4-3-5-7-12/h3-8,14,16H,9H2,1-2H3,(H,17,18). The topological polar surface area (TPSA) is 49.3 Å². The van der Waals surface area contributed by atoms with Gasteiger partial charge in [0.1, 0.15) is 6.04 Å². The van der Waals surface area contributed by atoms with Crippen molar-refractivity contribution in [1.82, 2.24) is 5.32 Å². The lowest BCUT2D eigenvalue weighted by molar-refractivity contribution is -0.139. The molecule has 0 radical (unpaired) electrons. The van der Waals surface area contributed by atoms with Crippen LogP contribution < -0.4 is 5.32 Å². The zero-order valence-electron chi connectivity index (χ0n) is 11.0. The van der Waals surface area contributed by atoms with Crippen molar-refractivity contribution in [2.45, 2.75) is 26.4 Å². The van der Waals surface area contributed by atoms with Gasteiger partial charge in [-0.1, -0.05) is 30.3 Å². The molecule has 1 aromatic heterocycles. The molecule has 1 heterocycles. The molecule has 2 N–H and O–H groups in total. The van der Waals surface area contributed by atoms with Crippen LogP contribution in [0.15, 0.2) is 36.4 Å². The van der Waals surface area contributed by atoms with E-state index in [0.717, 1.165) is 20.9 Å². The maximum Gasteiger partial charge on any atom is 0.325 e. The first-order valence-electron chi connectivity index (χ1n) is 6.15. The van der Waals surface area contributed by atoms with E-state index in [2.05, 4.69) is 5.32 Å². The number of hydrogen-bond donors (Lipinski definition) is 2. The van der Waals surface area contributed by atoms with Gasteiger partial charge in [0, 0.05) is 16.3 Å². The fourth-order valence-electron chi connectivity index (χ4n) is 2.08. The van der Waals surface area contributed by atoms with E-state index in [0.29, 0.717) is 6.54 Å². The van der Waals surface area contributed by atoms with Gasteiger partial charge in [0.25, 0.3) is 0 Å². The van der Waals surface area contributed by atoms with Crippen LogP contribution in [0.2, 0.25) is 0 Å². The van der Waals surface area contributed by atoms with Crippen LogP contribution in [0.4, 0.5) is 0 Å². The van der Waals surface area contributed by atoms with Crippen molar-refractivity contribution in [3.05, 3.63) is 57.3 Å². The number of benzene rings is 1. The van der Waals surface area contributed by atoms with Crippen molar-refractivity contribution in [3.8, 4) is 0 Å². The predicted octanol–water partition coefficient (Wildman–Crippen LogP) is 3.28. The zero-order valence-corrected chi connectivity index (χ0v) is 11.8. The Morgan fingerprint density at radius 2 is 2.00 bits per heavy atom. The second-order valence-corrected chi connectivity index (χ2v) is 5.97. The molecule has 2 aromatic rings. The van der Waals surface area contributed by atoms with Gasteiger partial charge in [-0.15, -0.1) is 11.3 Å². The van der Waals surface area contributed by atoms with Gasteiger partial charge in [-0.2, -0.15) is 0 Å². The van der Waals surface area contributed by atoms with Crippen LogP contribution in [-0.4, -0.2) is 11.1 Å². The molecule has 0 fully saturated rings. The third kappa shape index (κ3) is 3.43. The summed E-state index contributed by atoms with van der Waals surface area (Å²) in [5.41, 5.74) is 1.95. The van der Waals surface area contributed by atoms with E-state index in [4.69, 9.17) is 0 Å². The van der Waals surface area contributed by atoms with Gasteiger partial charge >= 0.3 is 5.97 Å². The normalized spacial score (nSPS) is 12.3. The molecule has 0 saturated carbocycles. The second kappa shape index (κ2) is 5.99. The number of carbonyl (C=O) groups is 1. The van der Waals surface area contributed by atoms with Crippen molar-refractivity contribution in [2.75, 3.05) is 0 Å². The Hall–Kier alpha value is -1.65. The number of thiophene rings is 1. The number of aliphatic carboxylic acids is 1. The van der Waals surface area contributed by atoms with Gasteiger partial charge in [0.15, 0.2) is 0 Å². The first-order valence-corrected chi connectivity index (χ1v) is 6.96. The van der Waals surface area contributed by atoms with Crippen LogP contribution >= 0.6 is 11.3 Å². The van der Waals surface area contributed by atoms with Crippen LogP contribution in [0.1, 0.15) is 26.9 Å². The first-order chi connectivity index (χ1) is 9.08. The van der Waals surface area contributed by atoms with Crippen molar-refractivity contribution in [3.63, 3.8) is 0 Å². The fraction of sp³-hybridized carbons (Fsp3) is 0.267. The molecule has 19 heavy (non-hydrogen) atoms. The minimum absolute atomic E-state index is 0.548. The number of nitrogens with one attached hydrogen (secondary N) is 1. The predicted molar refractivity (Wildman–Crippen MR) is 77.5 cm³/mol. The fourth-order valence-corrected chi connectivity index (χ4v) is 3.05. The summed E-state index contributed by atoms with van der Waals surface area (Å²) in [5, 5.41) is 12.5. The van der Waals surface area contributed by atoms with E-state index >= 15 is 0 Å². The average molecular weight is 275 g/mol. The first kappa shape index (κ1) is 13.8. The number of carboxylic acid groups (broad SMARTS) is 1. The summed E-state index contributed by atoms with van der Waals surface area (Å²) < 4.78 is 0. The summed E-state index contributed by atoms with van der Waals surface area (Å²) in [6, 6.07) is 11.1. The molecule has 0 aliphatic heterocycles. The van der Waals surface area contributed by atoms with Crippen LogP contribution in [0.5, 0.6) is 0 Å². The number of aryl methyl sites for hydroxylation is 2. The maximum atomic E-state index is 11.4. The Morgan fingerprint density at radius 1 is 1.32 bits per heavy atom. The quantitative estimate of drug-likeness (QED) is 0.880. The molecule has 0 bridgehead atoms. The monoisotopic (exact) mass is 275 g/mol. The third-order valence-corrected chi connectivity index (χ3v) is 3.97. The smallest absolute Gasteiger partial charge is 0.325 e. The van der Waals surface area contributed by atoms with Gasteiger partial charge in [-0.3, -0.25) is 10.1 Å². The van der Waals surface area contributed by atoms with E-state index in [-0.39, 0.29) is 0 Å². The van der Waals surface area contributed by atoms with Crippen LogP contribution in [0.3, 0.4) is 0 Å². The maximum absolute atomic E-state index is 11.4. The van der Waals surface area contributed by atoms with Crippen LogP contribution in [-0.2, 0) is 11.3 Å². The molecule has 0 aliphatic rings. The van der Waals surface area contributed by atoms with Crippen molar-refractivity contribution >= 4 is 17.3 Å². The number of hydrogen-bond acceptors (Lipinski definition) is 3. The Bertz CT molecular complexity index is 563. The number of rotatable bonds is 5. The summed E-state index contributed by atoms with van der Waals surface area (Å²) in [6.07, 6.45) is 0. The van der Waals surface area contributed by atoms with Gasteiger partial charge in [-0.25, -0.2) is 0 Å². The molecule has 1 atom stereocenters. The van der Waals surface area contributed by atoms with E-state index in [1.165, 1.54) is 0 Å². The molecule has 3 nitrogen and oxygen atoms in total. The minimum Gasteiger partial charge on any atom is -0.480 e. The Labute approximate surface area is 116 Å². The molecule has 0 saturated heterocycles. The molecule has 4 heteroatoms. The summed E-state index contributed by atoms with van der Waals surface area (Å²) in [4.78, 5) is 13.6. The minimum atomic E-state index is -0.836.